The molecule has 2 aliphatic carbocycles. The Hall–Kier alpha value is -4.88. The Kier molecular flexibility index (Phi) is 17.5. The van der Waals surface area contributed by atoms with Gasteiger partial charge < -0.3 is 39.8 Å². The van der Waals surface area contributed by atoms with Gasteiger partial charge >= 0.3 is 0 Å². The van der Waals surface area contributed by atoms with Crippen LogP contribution in [0.15, 0.2) is 73.3 Å². The van der Waals surface area contributed by atoms with Crippen molar-refractivity contribution >= 4 is 46.4 Å². The highest BCUT2D eigenvalue weighted by Gasteiger charge is 2.31. The summed E-state index contributed by atoms with van der Waals surface area (Å²) in [7, 11) is 8.70. The summed E-state index contributed by atoms with van der Waals surface area (Å²) in [5.41, 5.74) is 7.67. The summed E-state index contributed by atoms with van der Waals surface area (Å²) in [6, 6.07) is 18.2. The molecule has 0 aliphatic heterocycles. The molecule has 2 saturated carbocycles. The molecule has 0 atom stereocenters. The van der Waals surface area contributed by atoms with Crippen molar-refractivity contribution in [3.05, 3.63) is 128 Å². The zero-order valence-electron chi connectivity index (χ0n) is 40.8. The number of imidazole rings is 2. The number of hydrogen-bond donors (Lipinski definition) is 3. The molecule has 0 bridgehead atoms. The van der Waals surface area contributed by atoms with E-state index in [1.165, 1.54) is 24.0 Å². The molecular formula is C53H72Cl2N10O2. The van der Waals surface area contributed by atoms with Crippen molar-refractivity contribution < 1.29 is 9.59 Å². The molecule has 0 radical (unpaired) electrons. The number of aromatic amines is 1. The first kappa shape index (κ1) is 50.0. The van der Waals surface area contributed by atoms with Gasteiger partial charge in [0.15, 0.2) is 0 Å². The summed E-state index contributed by atoms with van der Waals surface area (Å²) < 4.78 is 2.19. The van der Waals surface area contributed by atoms with Crippen molar-refractivity contribution in [2.75, 3.05) is 64.2 Å². The smallest absolute Gasteiger partial charge is 0.251 e. The van der Waals surface area contributed by atoms with Crippen LogP contribution in [-0.2, 0) is 25.8 Å². The fourth-order valence-electron chi connectivity index (χ4n) is 10.6. The Labute approximate surface area is 408 Å². The van der Waals surface area contributed by atoms with E-state index in [-0.39, 0.29) is 11.8 Å². The van der Waals surface area contributed by atoms with Gasteiger partial charge in [-0.1, -0.05) is 47.5 Å². The number of anilines is 2. The highest BCUT2D eigenvalue weighted by atomic mass is 35.5. The largest absolute Gasteiger partial charge is 0.369 e. The van der Waals surface area contributed by atoms with Crippen molar-refractivity contribution in [1.29, 1.82) is 0 Å². The topological polar surface area (TPSA) is 118 Å². The summed E-state index contributed by atoms with van der Waals surface area (Å²) in [5.74, 6) is 1.49. The fraction of sp³-hybridized carbons (Fsp3) is 0.509. The average Bonchev–Trinajstić information content (AvgIpc) is 4.01. The Balaban J connectivity index is 1.02. The second-order valence-electron chi connectivity index (χ2n) is 19.1. The molecule has 12 nitrogen and oxygen atoms in total. The molecule has 2 fully saturated rings. The predicted molar refractivity (Wildman–Crippen MR) is 274 cm³/mol. The number of H-pyrrole nitrogens is 1. The lowest BCUT2D eigenvalue weighted by Gasteiger charge is -2.41. The Bertz CT molecular complexity index is 2400. The lowest BCUT2D eigenvalue weighted by molar-refractivity contribution is 0.0945. The molecule has 7 rings (SSSR count). The maximum Gasteiger partial charge on any atom is 0.251 e. The van der Waals surface area contributed by atoms with E-state index >= 15 is 0 Å². The van der Waals surface area contributed by atoms with Crippen LogP contribution in [0.5, 0.6) is 0 Å². The minimum atomic E-state index is -0.134. The van der Waals surface area contributed by atoms with Gasteiger partial charge in [0, 0.05) is 127 Å². The number of rotatable bonds is 20. The van der Waals surface area contributed by atoms with E-state index in [1.807, 2.05) is 38.4 Å². The number of aromatic nitrogens is 4. The van der Waals surface area contributed by atoms with E-state index in [2.05, 4.69) is 104 Å². The molecule has 0 spiro atoms. The second-order valence-corrected chi connectivity index (χ2v) is 19.9. The van der Waals surface area contributed by atoms with Crippen molar-refractivity contribution in [3.8, 4) is 0 Å². The molecule has 0 unspecified atom stereocenters. The number of halogens is 2. The lowest BCUT2D eigenvalue weighted by Crippen LogP contribution is -2.43. The van der Waals surface area contributed by atoms with Crippen LogP contribution in [0.1, 0.15) is 113 Å². The molecule has 0 saturated heterocycles. The first-order chi connectivity index (χ1) is 32.3. The van der Waals surface area contributed by atoms with Crippen LogP contribution in [-0.4, -0.2) is 120 Å². The van der Waals surface area contributed by atoms with Gasteiger partial charge in [-0.05, 0) is 153 Å². The molecule has 2 aliphatic rings. The molecule has 2 amide bonds. The standard InChI is InChI=1S/C53H72Cl2N10O2/c1-8-64(44-17-13-42(14-18-44)61(4)5)48-33-40(54)31-46(36(48)2)53(67)60-25-22-51-58-28-30-63(51)35-39-12-10-9-11-38(39)23-29-65(45-19-15-43(16-20-45)62(6)7)49-34-41(55)32-47(37(49)3)52(66)59-24-21-50-56-26-27-57-50/h9-12,26-28,30-34,42-45H,8,13-25,29,35H2,1-7H3,(H,56,57)(H,59,66)(H,60,67). The molecule has 67 heavy (non-hydrogen) atoms. The zero-order chi connectivity index (χ0) is 47.6. The lowest BCUT2D eigenvalue weighted by atomic mass is 9.88. The van der Waals surface area contributed by atoms with Crippen LogP contribution >= 0.6 is 23.2 Å². The van der Waals surface area contributed by atoms with Gasteiger partial charge in [-0.3, -0.25) is 9.59 Å². The van der Waals surface area contributed by atoms with E-state index in [0.29, 0.717) is 77.8 Å². The van der Waals surface area contributed by atoms with Gasteiger partial charge in [0.05, 0.1) is 0 Å². The molecule has 360 valence electrons. The van der Waals surface area contributed by atoms with Crippen LogP contribution in [0.3, 0.4) is 0 Å². The van der Waals surface area contributed by atoms with E-state index in [9.17, 15) is 9.59 Å². The SMILES string of the molecule is CCN(c1cc(Cl)cc(C(=O)NCCc2nccn2Cc2ccccc2CCN(c2cc(Cl)cc(C(=O)NCCc3ncc[nH]3)c2C)C2CCC(N(C)C)CC2)c1C)C1CCC(N(C)C)CC1. The minimum absolute atomic E-state index is 0.121. The van der Waals surface area contributed by atoms with Gasteiger partial charge in [0.25, 0.3) is 11.8 Å². The van der Waals surface area contributed by atoms with Crippen LogP contribution < -0.4 is 20.4 Å². The van der Waals surface area contributed by atoms with Gasteiger partial charge in [-0.15, -0.1) is 0 Å². The van der Waals surface area contributed by atoms with Gasteiger partial charge in [0.1, 0.15) is 11.6 Å². The Morgan fingerprint density at radius 1 is 0.687 bits per heavy atom. The minimum Gasteiger partial charge on any atom is -0.369 e. The van der Waals surface area contributed by atoms with E-state index in [4.69, 9.17) is 28.2 Å². The number of carbonyl (C=O) groups is 2. The Morgan fingerprint density at radius 3 is 1.75 bits per heavy atom. The Morgan fingerprint density at radius 2 is 1.21 bits per heavy atom. The normalized spacial score (nSPS) is 18.6. The van der Waals surface area contributed by atoms with Gasteiger partial charge in [-0.2, -0.15) is 0 Å². The molecule has 3 N–H and O–H groups in total. The summed E-state index contributed by atoms with van der Waals surface area (Å²) in [5, 5.41) is 7.41. The summed E-state index contributed by atoms with van der Waals surface area (Å²) in [6.07, 6.45) is 18.3. The molecule has 5 aromatic rings. The zero-order valence-corrected chi connectivity index (χ0v) is 42.3. The van der Waals surface area contributed by atoms with E-state index in [1.54, 1.807) is 24.5 Å². The van der Waals surface area contributed by atoms with Gasteiger partial charge in [-0.25, -0.2) is 9.97 Å². The highest BCUT2D eigenvalue weighted by Crippen LogP contribution is 2.36. The average molecular weight is 952 g/mol. The van der Waals surface area contributed by atoms with Crippen LogP contribution in [0, 0.1) is 13.8 Å². The summed E-state index contributed by atoms with van der Waals surface area (Å²) in [6.45, 7) is 9.49. The van der Waals surface area contributed by atoms with E-state index in [0.717, 1.165) is 92.2 Å². The number of nitrogens with zero attached hydrogens (tertiary/aromatic N) is 7. The van der Waals surface area contributed by atoms with Crippen LogP contribution in [0.4, 0.5) is 11.4 Å². The van der Waals surface area contributed by atoms with Crippen LogP contribution in [0.2, 0.25) is 10.0 Å². The van der Waals surface area contributed by atoms with Gasteiger partial charge in [0.2, 0.25) is 0 Å². The number of carbonyl (C=O) groups excluding carboxylic acids is 2. The molecule has 14 heteroatoms. The third-order valence-corrected chi connectivity index (χ3v) is 15.0. The fourth-order valence-corrected chi connectivity index (χ4v) is 11.0. The summed E-state index contributed by atoms with van der Waals surface area (Å²) >= 11 is 13.6. The third kappa shape index (κ3) is 12.6. The number of benzene rings is 3. The second kappa shape index (κ2) is 23.4. The molecular weight excluding hydrogens is 880 g/mol. The maximum absolute atomic E-state index is 13.8. The highest BCUT2D eigenvalue weighted by molar-refractivity contribution is 6.31. The quantitative estimate of drug-likeness (QED) is 0.0708. The predicted octanol–water partition coefficient (Wildman–Crippen LogP) is 9.14. The molecule has 3 aromatic carbocycles. The van der Waals surface area contributed by atoms with Crippen molar-refractivity contribution in [1.82, 2.24) is 40.0 Å². The maximum atomic E-state index is 13.8. The van der Waals surface area contributed by atoms with E-state index < -0.39 is 0 Å². The number of hydrogen-bond acceptors (Lipinski definition) is 8. The van der Waals surface area contributed by atoms with Crippen molar-refractivity contribution in [3.63, 3.8) is 0 Å². The van der Waals surface area contributed by atoms with Crippen LogP contribution in [0.25, 0.3) is 0 Å². The number of amides is 2. The third-order valence-electron chi connectivity index (χ3n) is 14.5. The first-order valence-corrected chi connectivity index (χ1v) is 25.1. The molecule has 2 heterocycles. The van der Waals surface area contributed by atoms with Crippen molar-refractivity contribution in [2.45, 2.75) is 122 Å². The van der Waals surface area contributed by atoms with Crippen molar-refractivity contribution in [2.24, 2.45) is 0 Å². The number of nitrogens with one attached hydrogen (secondary N) is 3. The summed E-state index contributed by atoms with van der Waals surface area (Å²) in [4.78, 5) is 49.3. The molecule has 2 aromatic heterocycles. The monoisotopic (exact) mass is 951 g/mol. The first-order valence-electron chi connectivity index (χ1n) is 24.4.